The lowest BCUT2D eigenvalue weighted by molar-refractivity contribution is 0.0689. The van der Waals surface area contributed by atoms with Crippen molar-refractivity contribution in [3.05, 3.63) is 47.9 Å². The zero-order chi connectivity index (χ0) is 13.4. The first kappa shape index (κ1) is 11.3. The summed E-state index contributed by atoms with van der Waals surface area (Å²) in [5.74, 6) is -1.08. The van der Waals surface area contributed by atoms with Crippen LogP contribution in [0.3, 0.4) is 0 Å². The standard InChI is InChI=1S/C13H10N4O2/c1-8-12(13(18)19)15-16-17(8)11-6-2-5-10-9(11)4-3-7-14-10/h2-7H,1H3,(H,18,19). The normalized spacial score (nSPS) is 10.8. The molecule has 0 radical (unpaired) electrons. The lowest BCUT2D eigenvalue weighted by Crippen LogP contribution is -2.03. The van der Waals surface area contributed by atoms with E-state index in [1.165, 1.54) is 4.68 Å². The van der Waals surface area contributed by atoms with Gasteiger partial charge in [0.15, 0.2) is 5.69 Å². The summed E-state index contributed by atoms with van der Waals surface area (Å²) in [6.45, 7) is 1.68. The van der Waals surface area contributed by atoms with Gasteiger partial charge in [-0.2, -0.15) is 0 Å². The lowest BCUT2D eigenvalue weighted by atomic mass is 10.2. The Labute approximate surface area is 108 Å². The summed E-state index contributed by atoms with van der Waals surface area (Å²) in [5.41, 5.74) is 2.04. The van der Waals surface area contributed by atoms with Crippen molar-refractivity contribution in [3.63, 3.8) is 0 Å². The quantitative estimate of drug-likeness (QED) is 0.754. The van der Waals surface area contributed by atoms with E-state index in [1.54, 1.807) is 13.1 Å². The second-order valence-electron chi connectivity index (χ2n) is 4.09. The number of rotatable bonds is 2. The summed E-state index contributed by atoms with van der Waals surface area (Å²) in [5, 5.41) is 17.5. The second-order valence-corrected chi connectivity index (χ2v) is 4.09. The smallest absolute Gasteiger partial charge is 0.358 e. The Kier molecular flexibility index (Phi) is 2.49. The summed E-state index contributed by atoms with van der Waals surface area (Å²) in [6, 6.07) is 9.35. The molecule has 3 rings (SSSR count). The minimum Gasteiger partial charge on any atom is -0.476 e. The Bertz CT molecular complexity index is 774. The maximum Gasteiger partial charge on any atom is 0.358 e. The van der Waals surface area contributed by atoms with E-state index in [-0.39, 0.29) is 5.69 Å². The highest BCUT2D eigenvalue weighted by Crippen LogP contribution is 2.21. The molecule has 0 aliphatic rings. The molecule has 1 N–H and O–H groups in total. The number of fused-ring (bicyclic) bond motifs is 1. The molecule has 0 spiro atoms. The SMILES string of the molecule is Cc1c(C(=O)O)nnn1-c1cccc2ncccc12. The van der Waals surface area contributed by atoms with Crippen LogP contribution in [-0.2, 0) is 0 Å². The number of aromatic carboxylic acids is 1. The van der Waals surface area contributed by atoms with Crippen molar-refractivity contribution >= 4 is 16.9 Å². The van der Waals surface area contributed by atoms with E-state index in [1.807, 2.05) is 30.3 Å². The molecule has 1 aromatic carbocycles. The van der Waals surface area contributed by atoms with E-state index in [4.69, 9.17) is 5.11 Å². The Morgan fingerprint density at radius 2 is 2.11 bits per heavy atom. The van der Waals surface area contributed by atoms with Crippen LogP contribution >= 0.6 is 0 Å². The number of carboxylic acid groups (broad SMARTS) is 1. The number of hydrogen-bond donors (Lipinski definition) is 1. The number of carbonyl (C=O) groups is 1. The molecule has 0 aliphatic carbocycles. The van der Waals surface area contributed by atoms with Gasteiger partial charge in [-0.05, 0) is 31.2 Å². The zero-order valence-electron chi connectivity index (χ0n) is 10.1. The maximum atomic E-state index is 11.0. The first-order valence-corrected chi connectivity index (χ1v) is 5.68. The van der Waals surface area contributed by atoms with Crippen LogP contribution in [0.25, 0.3) is 16.6 Å². The van der Waals surface area contributed by atoms with Gasteiger partial charge in [0.25, 0.3) is 0 Å². The third-order valence-corrected chi connectivity index (χ3v) is 2.95. The molecule has 2 aromatic heterocycles. The summed E-state index contributed by atoms with van der Waals surface area (Å²) < 4.78 is 1.52. The predicted molar refractivity (Wildman–Crippen MR) is 68.4 cm³/mol. The molecular weight excluding hydrogens is 244 g/mol. The highest BCUT2D eigenvalue weighted by Gasteiger charge is 2.17. The first-order valence-electron chi connectivity index (χ1n) is 5.68. The van der Waals surface area contributed by atoms with Gasteiger partial charge < -0.3 is 5.11 Å². The zero-order valence-corrected chi connectivity index (χ0v) is 10.1. The number of pyridine rings is 1. The molecule has 19 heavy (non-hydrogen) atoms. The fourth-order valence-corrected chi connectivity index (χ4v) is 2.03. The molecule has 2 heterocycles. The van der Waals surface area contributed by atoms with Crippen molar-refractivity contribution in [1.82, 2.24) is 20.0 Å². The van der Waals surface area contributed by atoms with Crippen LogP contribution < -0.4 is 0 Å². The van der Waals surface area contributed by atoms with Gasteiger partial charge in [0.05, 0.1) is 16.9 Å². The highest BCUT2D eigenvalue weighted by atomic mass is 16.4. The third kappa shape index (κ3) is 1.74. The average molecular weight is 254 g/mol. The lowest BCUT2D eigenvalue weighted by Gasteiger charge is -2.06. The van der Waals surface area contributed by atoms with Crippen LogP contribution in [0.5, 0.6) is 0 Å². The monoisotopic (exact) mass is 254 g/mol. The van der Waals surface area contributed by atoms with Gasteiger partial charge >= 0.3 is 5.97 Å². The molecule has 6 heteroatoms. The van der Waals surface area contributed by atoms with Gasteiger partial charge in [0, 0.05) is 11.6 Å². The molecule has 0 aliphatic heterocycles. The topological polar surface area (TPSA) is 80.9 Å². The third-order valence-electron chi connectivity index (χ3n) is 2.95. The Balaban J connectivity index is 2.28. The van der Waals surface area contributed by atoms with E-state index < -0.39 is 5.97 Å². The Morgan fingerprint density at radius 3 is 2.84 bits per heavy atom. The second kappa shape index (κ2) is 4.16. The van der Waals surface area contributed by atoms with Crippen molar-refractivity contribution in [3.8, 4) is 5.69 Å². The van der Waals surface area contributed by atoms with Crippen LogP contribution in [0.1, 0.15) is 16.2 Å². The summed E-state index contributed by atoms with van der Waals surface area (Å²) in [7, 11) is 0. The van der Waals surface area contributed by atoms with E-state index >= 15 is 0 Å². The minimum atomic E-state index is -1.08. The fourth-order valence-electron chi connectivity index (χ4n) is 2.03. The largest absolute Gasteiger partial charge is 0.476 e. The van der Waals surface area contributed by atoms with E-state index in [0.717, 1.165) is 16.6 Å². The molecule has 0 fully saturated rings. The molecule has 0 amide bonds. The van der Waals surface area contributed by atoms with Gasteiger partial charge in [-0.1, -0.05) is 11.3 Å². The molecule has 0 saturated carbocycles. The molecular formula is C13H10N4O2. The number of nitrogens with zero attached hydrogens (tertiary/aromatic N) is 4. The van der Waals surface area contributed by atoms with Gasteiger partial charge in [-0.3, -0.25) is 4.98 Å². The van der Waals surface area contributed by atoms with Gasteiger partial charge in [-0.25, -0.2) is 9.48 Å². The van der Waals surface area contributed by atoms with Crippen LogP contribution in [0.15, 0.2) is 36.5 Å². The molecule has 94 valence electrons. The van der Waals surface area contributed by atoms with Crippen LogP contribution in [-0.4, -0.2) is 31.1 Å². The number of aromatic nitrogens is 4. The van der Waals surface area contributed by atoms with E-state index in [0.29, 0.717) is 5.69 Å². The molecule has 0 unspecified atom stereocenters. The maximum absolute atomic E-state index is 11.0. The summed E-state index contributed by atoms with van der Waals surface area (Å²) >= 11 is 0. The van der Waals surface area contributed by atoms with Crippen LogP contribution in [0.4, 0.5) is 0 Å². The molecule has 0 bridgehead atoms. The van der Waals surface area contributed by atoms with Gasteiger partial charge in [-0.15, -0.1) is 5.10 Å². The van der Waals surface area contributed by atoms with Crippen molar-refractivity contribution in [2.75, 3.05) is 0 Å². The first-order chi connectivity index (χ1) is 9.18. The molecule has 6 nitrogen and oxygen atoms in total. The predicted octanol–water partition coefficient (Wildman–Crippen LogP) is 1.82. The number of benzene rings is 1. The average Bonchev–Trinajstić information content (AvgIpc) is 2.80. The van der Waals surface area contributed by atoms with Crippen molar-refractivity contribution in [1.29, 1.82) is 0 Å². The molecule has 0 atom stereocenters. The van der Waals surface area contributed by atoms with Crippen molar-refractivity contribution < 1.29 is 9.90 Å². The van der Waals surface area contributed by atoms with Crippen LogP contribution in [0, 0.1) is 6.92 Å². The van der Waals surface area contributed by atoms with Crippen LogP contribution in [0.2, 0.25) is 0 Å². The van der Waals surface area contributed by atoms with Crippen molar-refractivity contribution in [2.24, 2.45) is 0 Å². The van der Waals surface area contributed by atoms with Gasteiger partial charge in [0.2, 0.25) is 0 Å². The molecule has 3 aromatic rings. The number of hydrogen-bond acceptors (Lipinski definition) is 4. The summed E-state index contributed by atoms with van der Waals surface area (Å²) in [4.78, 5) is 15.3. The van der Waals surface area contributed by atoms with Gasteiger partial charge in [0.1, 0.15) is 0 Å². The van der Waals surface area contributed by atoms with Crippen molar-refractivity contribution in [2.45, 2.75) is 6.92 Å². The Morgan fingerprint density at radius 1 is 1.26 bits per heavy atom. The van der Waals surface area contributed by atoms with E-state index in [9.17, 15) is 4.79 Å². The van der Waals surface area contributed by atoms with E-state index in [2.05, 4.69) is 15.3 Å². The Hall–Kier alpha value is -2.76. The highest BCUT2D eigenvalue weighted by molar-refractivity contribution is 5.89. The number of carboxylic acids is 1. The fraction of sp³-hybridized carbons (Fsp3) is 0.0769. The molecule has 0 saturated heterocycles. The summed E-state index contributed by atoms with van der Waals surface area (Å²) in [6.07, 6.45) is 1.71. The minimum absolute atomic E-state index is 0.0408.